The van der Waals surface area contributed by atoms with Gasteiger partial charge in [0.05, 0.1) is 10.7 Å². The van der Waals surface area contributed by atoms with Gasteiger partial charge in [0.25, 0.3) is 5.91 Å². The van der Waals surface area contributed by atoms with Gasteiger partial charge in [-0.3, -0.25) is 4.79 Å². The molecule has 1 unspecified atom stereocenters. The third kappa shape index (κ3) is 3.41. The zero-order chi connectivity index (χ0) is 13.8. The number of anilines is 1. The molecule has 19 heavy (non-hydrogen) atoms. The fraction of sp³-hybridized carbons (Fsp3) is 0.533. The summed E-state index contributed by atoms with van der Waals surface area (Å²) in [7, 11) is 1.63. The van der Waals surface area contributed by atoms with Crippen molar-refractivity contribution in [3.8, 4) is 0 Å². The number of benzene rings is 1. The fourth-order valence-electron chi connectivity index (χ4n) is 2.74. The van der Waals surface area contributed by atoms with Crippen LogP contribution in [0.15, 0.2) is 18.2 Å². The van der Waals surface area contributed by atoms with Gasteiger partial charge in [0.1, 0.15) is 0 Å². The van der Waals surface area contributed by atoms with Gasteiger partial charge in [-0.2, -0.15) is 0 Å². The Morgan fingerprint density at radius 2 is 2.05 bits per heavy atom. The van der Waals surface area contributed by atoms with Crippen molar-refractivity contribution in [3.63, 3.8) is 0 Å². The normalized spacial score (nSPS) is 17.2. The first-order valence-corrected chi connectivity index (χ1v) is 7.27. The predicted molar refractivity (Wildman–Crippen MR) is 79.9 cm³/mol. The Labute approximate surface area is 119 Å². The number of hydrogen-bond donors (Lipinski definition) is 2. The summed E-state index contributed by atoms with van der Waals surface area (Å²) in [4.78, 5) is 11.6. The SMILES string of the molecule is CNC(=O)c1ccc(Cl)c(NC(C)C2CCCC2)c1. The molecule has 0 heterocycles. The average molecular weight is 281 g/mol. The van der Waals surface area contributed by atoms with Gasteiger partial charge in [-0.15, -0.1) is 0 Å². The minimum atomic E-state index is -0.0896. The van der Waals surface area contributed by atoms with Crippen molar-refractivity contribution in [2.75, 3.05) is 12.4 Å². The van der Waals surface area contributed by atoms with Crippen LogP contribution in [0.1, 0.15) is 43.0 Å². The summed E-state index contributed by atoms with van der Waals surface area (Å²) in [5.41, 5.74) is 1.48. The lowest BCUT2D eigenvalue weighted by Crippen LogP contribution is -2.24. The Bertz CT molecular complexity index is 455. The van der Waals surface area contributed by atoms with Crippen molar-refractivity contribution in [2.45, 2.75) is 38.6 Å². The minimum Gasteiger partial charge on any atom is -0.381 e. The monoisotopic (exact) mass is 280 g/mol. The molecule has 1 aromatic rings. The molecule has 1 saturated carbocycles. The number of amides is 1. The Kier molecular flexibility index (Phi) is 4.70. The number of halogens is 1. The molecule has 0 saturated heterocycles. The van der Waals surface area contributed by atoms with Crippen LogP contribution in [0.4, 0.5) is 5.69 Å². The molecule has 0 aliphatic heterocycles. The lowest BCUT2D eigenvalue weighted by atomic mass is 9.99. The van der Waals surface area contributed by atoms with E-state index in [0.717, 1.165) is 5.69 Å². The van der Waals surface area contributed by atoms with Crippen LogP contribution in [0.3, 0.4) is 0 Å². The van der Waals surface area contributed by atoms with E-state index in [2.05, 4.69) is 17.6 Å². The molecule has 104 valence electrons. The largest absolute Gasteiger partial charge is 0.381 e. The maximum Gasteiger partial charge on any atom is 0.251 e. The van der Waals surface area contributed by atoms with E-state index in [0.29, 0.717) is 22.5 Å². The number of carbonyl (C=O) groups is 1. The van der Waals surface area contributed by atoms with E-state index in [9.17, 15) is 4.79 Å². The van der Waals surface area contributed by atoms with Gasteiger partial charge in [-0.1, -0.05) is 24.4 Å². The van der Waals surface area contributed by atoms with Crippen molar-refractivity contribution in [3.05, 3.63) is 28.8 Å². The molecule has 0 bridgehead atoms. The highest BCUT2D eigenvalue weighted by atomic mass is 35.5. The van der Waals surface area contributed by atoms with Crippen LogP contribution in [0.5, 0.6) is 0 Å². The van der Waals surface area contributed by atoms with E-state index in [1.54, 1.807) is 19.2 Å². The van der Waals surface area contributed by atoms with Crippen LogP contribution >= 0.6 is 11.6 Å². The third-order valence-corrected chi connectivity index (χ3v) is 4.28. The van der Waals surface area contributed by atoms with Gasteiger partial charge < -0.3 is 10.6 Å². The van der Waals surface area contributed by atoms with Crippen LogP contribution in [0, 0.1) is 5.92 Å². The minimum absolute atomic E-state index is 0.0896. The number of rotatable bonds is 4. The average Bonchev–Trinajstić information content (AvgIpc) is 2.94. The molecule has 1 aromatic carbocycles. The summed E-state index contributed by atoms with van der Waals surface area (Å²) >= 11 is 6.20. The van der Waals surface area contributed by atoms with Gasteiger partial charge in [0, 0.05) is 18.7 Å². The van der Waals surface area contributed by atoms with Crippen LogP contribution in [-0.2, 0) is 0 Å². The second kappa shape index (κ2) is 6.29. The first kappa shape index (κ1) is 14.2. The maximum absolute atomic E-state index is 11.6. The van der Waals surface area contributed by atoms with Gasteiger partial charge in [-0.25, -0.2) is 0 Å². The summed E-state index contributed by atoms with van der Waals surface area (Å²) in [5, 5.41) is 6.75. The predicted octanol–water partition coefficient (Wildman–Crippen LogP) is 3.69. The molecule has 1 amide bonds. The zero-order valence-electron chi connectivity index (χ0n) is 11.5. The Hall–Kier alpha value is -1.22. The summed E-state index contributed by atoms with van der Waals surface area (Å²) in [6.45, 7) is 2.19. The van der Waals surface area contributed by atoms with Crippen LogP contribution in [0.2, 0.25) is 5.02 Å². The van der Waals surface area contributed by atoms with E-state index in [1.165, 1.54) is 25.7 Å². The van der Waals surface area contributed by atoms with Gasteiger partial charge in [0.2, 0.25) is 0 Å². The van der Waals surface area contributed by atoms with E-state index in [-0.39, 0.29) is 5.91 Å². The Morgan fingerprint density at radius 1 is 1.37 bits per heavy atom. The van der Waals surface area contributed by atoms with Crippen LogP contribution < -0.4 is 10.6 Å². The second-order valence-electron chi connectivity index (χ2n) is 5.25. The van der Waals surface area contributed by atoms with Crippen LogP contribution in [0.25, 0.3) is 0 Å². The van der Waals surface area contributed by atoms with Crippen LogP contribution in [-0.4, -0.2) is 19.0 Å². The second-order valence-corrected chi connectivity index (χ2v) is 5.66. The molecule has 2 N–H and O–H groups in total. The number of nitrogens with one attached hydrogen (secondary N) is 2. The highest BCUT2D eigenvalue weighted by Gasteiger charge is 2.22. The molecule has 0 radical (unpaired) electrons. The molecule has 1 aliphatic rings. The maximum atomic E-state index is 11.6. The van der Waals surface area contributed by atoms with E-state index in [1.807, 2.05) is 6.07 Å². The quantitative estimate of drug-likeness (QED) is 0.883. The molecule has 1 aliphatic carbocycles. The third-order valence-electron chi connectivity index (χ3n) is 3.95. The highest BCUT2D eigenvalue weighted by Crippen LogP contribution is 2.31. The summed E-state index contributed by atoms with van der Waals surface area (Å²) in [6, 6.07) is 5.73. The van der Waals surface area contributed by atoms with Gasteiger partial charge in [0.15, 0.2) is 0 Å². The molecular weight excluding hydrogens is 260 g/mol. The zero-order valence-corrected chi connectivity index (χ0v) is 12.3. The number of carbonyl (C=O) groups excluding carboxylic acids is 1. The van der Waals surface area contributed by atoms with Gasteiger partial charge in [-0.05, 0) is 43.9 Å². The fourth-order valence-corrected chi connectivity index (χ4v) is 2.91. The lowest BCUT2D eigenvalue weighted by molar-refractivity contribution is 0.0963. The summed E-state index contributed by atoms with van der Waals surface area (Å²) in [5.74, 6) is 0.618. The smallest absolute Gasteiger partial charge is 0.251 e. The van der Waals surface area contributed by atoms with E-state index in [4.69, 9.17) is 11.6 Å². The Balaban J connectivity index is 2.12. The molecule has 4 heteroatoms. The van der Waals surface area contributed by atoms with Crippen molar-refractivity contribution < 1.29 is 4.79 Å². The molecular formula is C15H21ClN2O. The molecule has 1 fully saturated rings. The highest BCUT2D eigenvalue weighted by molar-refractivity contribution is 6.33. The first-order valence-electron chi connectivity index (χ1n) is 6.90. The summed E-state index contributed by atoms with van der Waals surface area (Å²) < 4.78 is 0. The first-order chi connectivity index (χ1) is 9.11. The Morgan fingerprint density at radius 3 is 2.68 bits per heavy atom. The molecule has 3 nitrogen and oxygen atoms in total. The van der Waals surface area contributed by atoms with Crippen molar-refractivity contribution in [2.24, 2.45) is 5.92 Å². The topological polar surface area (TPSA) is 41.1 Å². The number of hydrogen-bond acceptors (Lipinski definition) is 2. The van der Waals surface area contributed by atoms with Crippen molar-refractivity contribution in [1.29, 1.82) is 0 Å². The standard InChI is InChI=1S/C15H21ClN2O/c1-10(11-5-3-4-6-11)18-14-9-12(15(19)17-2)7-8-13(14)16/h7-11,18H,3-6H2,1-2H3,(H,17,19). The van der Waals surface area contributed by atoms with E-state index < -0.39 is 0 Å². The van der Waals surface area contributed by atoms with Crippen molar-refractivity contribution >= 4 is 23.2 Å². The molecule has 0 aromatic heterocycles. The van der Waals surface area contributed by atoms with E-state index >= 15 is 0 Å². The molecule has 0 spiro atoms. The summed E-state index contributed by atoms with van der Waals surface area (Å²) in [6.07, 6.45) is 5.20. The van der Waals surface area contributed by atoms with Gasteiger partial charge >= 0.3 is 0 Å². The molecule has 1 atom stereocenters. The molecule has 2 rings (SSSR count). The lowest BCUT2D eigenvalue weighted by Gasteiger charge is -2.22. The van der Waals surface area contributed by atoms with Crippen molar-refractivity contribution in [1.82, 2.24) is 5.32 Å².